The molecule has 1 nitrogen and oxygen atoms in total. The predicted octanol–water partition coefficient (Wildman–Crippen LogP) is 4.51. The van der Waals surface area contributed by atoms with Crippen LogP contribution in [0, 0.1) is 8.80 Å². The van der Waals surface area contributed by atoms with Crippen LogP contribution in [0.3, 0.4) is 0 Å². The van der Waals surface area contributed by atoms with Crippen molar-refractivity contribution in [3.63, 3.8) is 0 Å². The quantitative estimate of drug-likeness (QED) is 0.765. The van der Waals surface area contributed by atoms with Gasteiger partial charge < -0.3 is 5.32 Å². The lowest BCUT2D eigenvalue weighted by Gasteiger charge is -2.29. The number of aryl methyl sites for hydroxylation is 1. The van der Waals surface area contributed by atoms with Gasteiger partial charge in [-0.05, 0) is 72.2 Å². The molecule has 1 aromatic heterocycles. The molecule has 3 unspecified atom stereocenters. The highest BCUT2D eigenvalue weighted by molar-refractivity contribution is 14.1. The maximum absolute atomic E-state index is 3.94. The predicted molar refractivity (Wildman–Crippen MR) is 82.7 cm³/mol. The lowest BCUT2D eigenvalue weighted by molar-refractivity contribution is 0.351. The topological polar surface area (TPSA) is 12.0 Å². The van der Waals surface area contributed by atoms with Crippen LogP contribution in [0.5, 0.6) is 0 Å². The first-order valence-electron chi connectivity index (χ1n) is 6.78. The summed E-state index contributed by atoms with van der Waals surface area (Å²) in [6.07, 6.45) is 8.22. The molecule has 1 saturated carbocycles. The Morgan fingerprint density at radius 1 is 1.29 bits per heavy atom. The third-order valence-corrected chi connectivity index (χ3v) is 6.33. The summed E-state index contributed by atoms with van der Waals surface area (Å²) >= 11 is 4.47. The molecule has 1 aromatic rings. The Hall–Kier alpha value is 0.390. The van der Waals surface area contributed by atoms with Crippen LogP contribution in [0.25, 0.3) is 0 Å². The molecule has 17 heavy (non-hydrogen) atoms. The molecule has 1 heterocycles. The van der Waals surface area contributed by atoms with Crippen LogP contribution in [0.15, 0.2) is 6.07 Å². The minimum Gasteiger partial charge on any atom is -0.307 e. The first kappa shape index (κ1) is 12.4. The largest absolute Gasteiger partial charge is 0.307 e. The first-order chi connectivity index (χ1) is 8.24. The number of thiophene rings is 1. The Kier molecular flexibility index (Phi) is 3.78. The Bertz CT molecular complexity index is 401. The van der Waals surface area contributed by atoms with Gasteiger partial charge >= 0.3 is 0 Å². The van der Waals surface area contributed by atoms with E-state index < -0.39 is 0 Å². The van der Waals surface area contributed by atoms with Gasteiger partial charge in [-0.25, -0.2) is 0 Å². The summed E-state index contributed by atoms with van der Waals surface area (Å²) in [6.45, 7) is 2.41. The van der Waals surface area contributed by atoms with Crippen molar-refractivity contribution < 1.29 is 0 Å². The second-order valence-corrected chi connectivity index (χ2v) is 8.59. The number of hydrogen-bond donors (Lipinski definition) is 1. The summed E-state index contributed by atoms with van der Waals surface area (Å²) in [5.74, 6) is 0.873. The molecule has 0 saturated heterocycles. The second kappa shape index (κ2) is 5.17. The van der Waals surface area contributed by atoms with Crippen molar-refractivity contribution in [2.75, 3.05) is 0 Å². The van der Waals surface area contributed by atoms with Crippen LogP contribution in [-0.4, -0.2) is 6.04 Å². The molecule has 0 aromatic carbocycles. The average molecular weight is 361 g/mol. The monoisotopic (exact) mass is 361 g/mol. The standard InChI is InChI=1S/C14H20INS/c1-9-4-2-5-11(9)16-12-6-3-7-13-10(12)8-14(15)17-13/h8-9,11-12,16H,2-7H2,1H3. The lowest BCUT2D eigenvalue weighted by atomic mass is 9.92. The fourth-order valence-electron chi connectivity index (χ4n) is 3.35. The SMILES string of the molecule is CC1CCCC1NC1CCCc2sc(I)cc21. The third-order valence-electron chi connectivity index (χ3n) is 4.36. The molecule has 0 radical (unpaired) electrons. The van der Waals surface area contributed by atoms with Crippen molar-refractivity contribution in [3.8, 4) is 0 Å². The smallest absolute Gasteiger partial charge is 0.0659 e. The van der Waals surface area contributed by atoms with E-state index >= 15 is 0 Å². The lowest BCUT2D eigenvalue weighted by Crippen LogP contribution is -2.35. The molecule has 0 bridgehead atoms. The number of fused-ring (bicyclic) bond motifs is 1. The fourth-order valence-corrected chi connectivity index (χ4v) is 5.47. The number of hydrogen-bond acceptors (Lipinski definition) is 2. The molecule has 2 aliphatic carbocycles. The van der Waals surface area contributed by atoms with Crippen LogP contribution >= 0.6 is 33.9 Å². The van der Waals surface area contributed by atoms with Gasteiger partial charge in [0.15, 0.2) is 0 Å². The van der Waals surface area contributed by atoms with Crippen LogP contribution in [-0.2, 0) is 6.42 Å². The van der Waals surface area contributed by atoms with Crippen molar-refractivity contribution in [2.45, 2.75) is 57.5 Å². The molecular formula is C14H20INS. The molecular weight excluding hydrogens is 341 g/mol. The number of halogens is 1. The van der Waals surface area contributed by atoms with E-state index in [1.807, 2.05) is 11.3 Å². The van der Waals surface area contributed by atoms with E-state index in [0.717, 1.165) is 12.0 Å². The van der Waals surface area contributed by atoms with E-state index in [1.165, 1.54) is 41.4 Å². The van der Waals surface area contributed by atoms with Gasteiger partial charge in [0, 0.05) is 17.0 Å². The second-order valence-electron chi connectivity index (χ2n) is 5.56. The van der Waals surface area contributed by atoms with Crippen LogP contribution < -0.4 is 5.32 Å². The molecule has 3 rings (SSSR count). The highest BCUT2D eigenvalue weighted by Crippen LogP contribution is 2.38. The zero-order valence-corrected chi connectivity index (χ0v) is 13.3. The van der Waals surface area contributed by atoms with E-state index in [-0.39, 0.29) is 0 Å². The van der Waals surface area contributed by atoms with Gasteiger partial charge in [-0.1, -0.05) is 13.3 Å². The van der Waals surface area contributed by atoms with Gasteiger partial charge in [-0.3, -0.25) is 0 Å². The molecule has 1 fully saturated rings. The Morgan fingerprint density at radius 2 is 2.18 bits per heavy atom. The van der Waals surface area contributed by atoms with Crippen molar-refractivity contribution in [1.29, 1.82) is 0 Å². The van der Waals surface area contributed by atoms with E-state index in [1.54, 1.807) is 10.4 Å². The summed E-state index contributed by atoms with van der Waals surface area (Å²) in [5.41, 5.74) is 1.62. The van der Waals surface area contributed by atoms with Gasteiger partial charge in [0.2, 0.25) is 0 Å². The highest BCUT2D eigenvalue weighted by Gasteiger charge is 2.29. The summed E-state index contributed by atoms with van der Waals surface area (Å²) in [6, 6.07) is 3.82. The molecule has 0 spiro atoms. The summed E-state index contributed by atoms with van der Waals surface area (Å²) in [5, 5.41) is 3.94. The van der Waals surface area contributed by atoms with Crippen molar-refractivity contribution in [2.24, 2.45) is 5.92 Å². The van der Waals surface area contributed by atoms with E-state index in [4.69, 9.17) is 0 Å². The molecule has 0 aliphatic heterocycles. The van der Waals surface area contributed by atoms with E-state index in [2.05, 4.69) is 40.9 Å². The Labute approximate surface area is 122 Å². The fraction of sp³-hybridized carbons (Fsp3) is 0.714. The van der Waals surface area contributed by atoms with Gasteiger partial charge in [0.05, 0.1) is 2.88 Å². The summed E-state index contributed by atoms with van der Waals surface area (Å²) in [7, 11) is 0. The molecule has 3 atom stereocenters. The van der Waals surface area contributed by atoms with Crippen LogP contribution in [0.2, 0.25) is 0 Å². The summed E-state index contributed by atoms with van der Waals surface area (Å²) < 4.78 is 1.46. The Morgan fingerprint density at radius 3 is 2.94 bits per heavy atom. The van der Waals surface area contributed by atoms with Crippen LogP contribution in [0.4, 0.5) is 0 Å². The van der Waals surface area contributed by atoms with E-state index in [0.29, 0.717) is 6.04 Å². The van der Waals surface area contributed by atoms with Gasteiger partial charge in [-0.15, -0.1) is 11.3 Å². The van der Waals surface area contributed by atoms with Crippen LogP contribution in [0.1, 0.15) is 55.5 Å². The molecule has 0 amide bonds. The zero-order valence-electron chi connectivity index (χ0n) is 10.3. The highest BCUT2D eigenvalue weighted by atomic mass is 127. The van der Waals surface area contributed by atoms with Gasteiger partial charge in [-0.2, -0.15) is 0 Å². The normalized spacial score (nSPS) is 32.7. The number of rotatable bonds is 2. The number of nitrogens with one attached hydrogen (secondary N) is 1. The zero-order chi connectivity index (χ0) is 11.8. The van der Waals surface area contributed by atoms with Crippen molar-refractivity contribution in [1.82, 2.24) is 5.32 Å². The molecule has 2 aliphatic rings. The third kappa shape index (κ3) is 2.56. The maximum Gasteiger partial charge on any atom is 0.0659 e. The van der Waals surface area contributed by atoms with Crippen molar-refractivity contribution in [3.05, 3.63) is 19.4 Å². The average Bonchev–Trinajstić information content (AvgIpc) is 2.85. The Balaban J connectivity index is 1.76. The van der Waals surface area contributed by atoms with E-state index in [9.17, 15) is 0 Å². The first-order valence-corrected chi connectivity index (χ1v) is 8.67. The summed E-state index contributed by atoms with van der Waals surface area (Å²) in [4.78, 5) is 1.64. The minimum absolute atomic E-state index is 0.643. The minimum atomic E-state index is 0.643. The maximum atomic E-state index is 3.94. The van der Waals surface area contributed by atoms with Crippen molar-refractivity contribution >= 4 is 33.9 Å². The molecule has 1 N–H and O–H groups in total. The molecule has 3 heteroatoms. The van der Waals surface area contributed by atoms with Gasteiger partial charge in [0.1, 0.15) is 0 Å². The molecule has 94 valence electrons. The van der Waals surface area contributed by atoms with Gasteiger partial charge in [0.25, 0.3) is 0 Å².